The SMILES string of the molecule is CCCCCNC(=O)NCCCC/C=C\CCCCCCC(=O)O.CCCCCNC(=O)NCCCC/C=C\CCCCCCC(=O)OC.[Li+].[OH-]. The molecule has 0 saturated heterocycles. The maximum absolute atomic E-state index is 11.5. The zero-order chi connectivity index (χ0) is 36.5. The second kappa shape index (κ2) is 47.5. The van der Waals surface area contributed by atoms with Gasteiger partial charge in [-0.15, -0.1) is 0 Å². The Morgan fingerprint density at radius 2 is 0.804 bits per heavy atom. The third-order valence-electron chi connectivity index (χ3n) is 7.87. The molecule has 0 rings (SSSR count). The summed E-state index contributed by atoms with van der Waals surface area (Å²) in [7, 11) is 1.44. The first-order valence-electron chi connectivity index (χ1n) is 19.5. The van der Waals surface area contributed by atoms with Crippen molar-refractivity contribution in [2.75, 3.05) is 33.3 Å². The van der Waals surface area contributed by atoms with E-state index in [4.69, 9.17) is 5.11 Å². The molecule has 0 fully saturated rings. The number of carboxylic acids is 1. The molecule has 12 heteroatoms. The molecule has 4 amide bonds. The van der Waals surface area contributed by atoms with Crippen LogP contribution in [0.15, 0.2) is 24.3 Å². The molecule has 0 radical (unpaired) electrons. The molecule has 0 aliphatic rings. The van der Waals surface area contributed by atoms with E-state index in [0.29, 0.717) is 12.8 Å². The first-order valence-corrected chi connectivity index (χ1v) is 19.5. The fraction of sp³-hybridized carbons (Fsp3) is 0.795. The number of carbonyl (C=O) groups excluding carboxylic acids is 3. The van der Waals surface area contributed by atoms with Gasteiger partial charge in [0.2, 0.25) is 0 Å². The molecule has 0 heterocycles. The fourth-order valence-electron chi connectivity index (χ4n) is 4.81. The molecule has 0 atom stereocenters. The zero-order valence-corrected chi connectivity index (χ0v) is 33.0. The normalized spacial score (nSPS) is 10.4. The van der Waals surface area contributed by atoms with Crippen LogP contribution in [0.4, 0.5) is 9.59 Å². The minimum absolute atomic E-state index is 0. The van der Waals surface area contributed by atoms with Gasteiger partial charge in [-0.1, -0.05) is 89.5 Å². The topological polar surface area (TPSA) is 176 Å². The quantitative estimate of drug-likeness (QED) is 0.0239. The number of esters is 1. The number of methoxy groups -OCH3 is 1. The van der Waals surface area contributed by atoms with Gasteiger partial charge in [0.25, 0.3) is 0 Å². The van der Waals surface area contributed by atoms with Crippen molar-refractivity contribution in [3.8, 4) is 0 Å². The number of carbonyl (C=O) groups is 4. The number of allylic oxidation sites excluding steroid dienone is 4. The van der Waals surface area contributed by atoms with E-state index in [1.807, 2.05) is 0 Å². The van der Waals surface area contributed by atoms with Crippen molar-refractivity contribution < 1.29 is 53.4 Å². The number of aliphatic carboxylic acids is 1. The Bertz CT molecular complexity index is 844. The standard InChI is InChI=1S/C20H38N2O3.C19H36N2O3.Li.H2O/c1-3-4-14-17-21-20(24)22-18-15-12-10-8-6-5-7-9-11-13-16-19(23)25-2;1-2-3-13-16-20-19(24)21-17-14-11-9-7-5-4-6-8-10-12-15-18(22)23;;/h6,8H,3-5,7,9-18H2,1-2H3,(H2,21,22,24);5,7H,2-4,6,8-17H2,1H3,(H,22,23)(H2,20,21,24);;1H2/q;;+1;/p-1/b8-6-;7-5-;;. The van der Waals surface area contributed by atoms with Crippen LogP contribution in [-0.4, -0.2) is 67.9 Å². The van der Waals surface area contributed by atoms with Gasteiger partial charge in [0.15, 0.2) is 0 Å². The van der Waals surface area contributed by atoms with Crippen molar-refractivity contribution in [3.63, 3.8) is 0 Å². The maximum Gasteiger partial charge on any atom is 1.00 e. The molecule has 0 aliphatic carbocycles. The molecule has 0 unspecified atom stereocenters. The number of carboxylic acid groups (broad SMARTS) is 1. The van der Waals surface area contributed by atoms with E-state index in [-0.39, 0.29) is 42.4 Å². The summed E-state index contributed by atoms with van der Waals surface area (Å²) >= 11 is 0. The summed E-state index contributed by atoms with van der Waals surface area (Å²) in [6.45, 7) is 7.31. The number of nitrogens with one attached hydrogen (secondary N) is 4. The molecule has 0 bridgehead atoms. The molecule has 51 heavy (non-hydrogen) atoms. The number of ether oxygens (including phenoxy) is 1. The van der Waals surface area contributed by atoms with E-state index >= 15 is 0 Å². The zero-order valence-electron chi connectivity index (χ0n) is 33.0. The van der Waals surface area contributed by atoms with Crippen molar-refractivity contribution in [2.45, 2.75) is 168 Å². The average molecular weight is 719 g/mol. The van der Waals surface area contributed by atoms with E-state index in [0.717, 1.165) is 135 Å². The molecule has 0 aromatic rings. The summed E-state index contributed by atoms with van der Waals surface area (Å²) in [6, 6.07) is -0.0941. The third kappa shape index (κ3) is 52.0. The van der Waals surface area contributed by atoms with E-state index in [2.05, 4.69) is 64.2 Å². The predicted molar refractivity (Wildman–Crippen MR) is 205 cm³/mol. The van der Waals surface area contributed by atoms with Gasteiger partial charge < -0.3 is 36.6 Å². The second-order valence-electron chi connectivity index (χ2n) is 12.6. The van der Waals surface area contributed by atoms with Gasteiger partial charge in [0.05, 0.1) is 7.11 Å². The molecule has 0 aromatic heterocycles. The van der Waals surface area contributed by atoms with Crippen LogP contribution >= 0.6 is 0 Å². The number of urea groups is 2. The van der Waals surface area contributed by atoms with Crippen LogP contribution in [0, 0.1) is 0 Å². The summed E-state index contributed by atoms with van der Waals surface area (Å²) in [4.78, 5) is 44.2. The molecule has 0 aliphatic heterocycles. The molecule has 11 nitrogen and oxygen atoms in total. The molecule has 0 spiro atoms. The fourth-order valence-corrected chi connectivity index (χ4v) is 4.81. The van der Waals surface area contributed by atoms with Crippen LogP contribution in [-0.2, 0) is 14.3 Å². The molecule has 6 N–H and O–H groups in total. The summed E-state index contributed by atoms with van der Waals surface area (Å²) in [5.41, 5.74) is 0. The van der Waals surface area contributed by atoms with Gasteiger partial charge in [0.1, 0.15) is 0 Å². The van der Waals surface area contributed by atoms with Gasteiger partial charge in [-0.05, 0) is 89.9 Å². The Morgan fingerprint density at radius 3 is 1.14 bits per heavy atom. The maximum atomic E-state index is 11.5. The summed E-state index contributed by atoms with van der Waals surface area (Å²) < 4.78 is 4.61. The van der Waals surface area contributed by atoms with Crippen molar-refractivity contribution in [2.24, 2.45) is 0 Å². The van der Waals surface area contributed by atoms with Crippen molar-refractivity contribution in [1.82, 2.24) is 21.3 Å². The monoisotopic (exact) mass is 719 g/mol. The van der Waals surface area contributed by atoms with E-state index in [1.165, 1.54) is 39.2 Å². The molecule has 294 valence electrons. The van der Waals surface area contributed by atoms with E-state index in [9.17, 15) is 19.2 Å². The van der Waals surface area contributed by atoms with E-state index < -0.39 is 5.97 Å². The van der Waals surface area contributed by atoms with Gasteiger partial charge in [-0.25, -0.2) is 9.59 Å². The third-order valence-corrected chi connectivity index (χ3v) is 7.87. The second-order valence-corrected chi connectivity index (χ2v) is 12.6. The molecular weight excluding hydrogens is 643 g/mol. The van der Waals surface area contributed by atoms with Gasteiger partial charge in [-0.2, -0.15) is 0 Å². The molecule has 0 aromatic carbocycles. The van der Waals surface area contributed by atoms with Crippen LogP contribution in [0.3, 0.4) is 0 Å². The van der Waals surface area contributed by atoms with Gasteiger partial charge >= 0.3 is 42.9 Å². The average Bonchev–Trinajstić information content (AvgIpc) is 3.09. The van der Waals surface area contributed by atoms with Gasteiger partial charge in [-0.3, -0.25) is 9.59 Å². The first-order chi connectivity index (χ1) is 23.9. The Labute approximate surface area is 323 Å². The van der Waals surface area contributed by atoms with E-state index in [1.54, 1.807) is 0 Å². The summed E-state index contributed by atoms with van der Waals surface area (Å²) in [6.07, 6.45) is 33.4. The van der Waals surface area contributed by atoms with Crippen LogP contribution in [0.1, 0.15) is 168 Å². The minimum Gasteiger partial charge on any atom is -0.870 e. The Hall–Kier alpha value is -2.48. The van der Waals surface area contributed by atoms with Gasteiger partial charge in [0, 0.05) is 39.0 Å². The Morgan fingerprint density at radius 1 is 0.490 bits per heavy atom. The van der Waals surface area contributed by atoms with Crippen molar-refractivity contribution in [3.05, 3.63) is 24.3 Å². The number of hydrogen-bond acceptors (Lipinski definition) is 6. The Balaban J connectivity index is -0.000000417. The number of hydrogen-bond donors (Lipinski definition) is 5. The van der Waals surface area contributed by atoms with Crippen LogP contribution in [0.5, 0.6) is 0 Å². The summed E-state index contributed by atoms with van der Waals surface area (Å²) in [5, 5.41) is 20.0. The largest absolute Gasteiger partial charge is 1.00 e. The van der Waals surface area contributed by atoms with Crippen molar-refractivity contribution in [1.29, 1.82) is 0 Å². The molecule has 0 saturated carbocycles. The first kappa shape index (κ1) is 55.3. The minimum atomic E-state index is -0.696. The summed E-state index contributed by atoms with van der Waals surface area (Å²) in [5.74, 6) is -0.804. The van der Waals surface area contributed by atoms with Crippen LogP contribution < -0.4 is 40.1 Å². The van der Waals surface area contributed by atoms with Crippen LogP contribution in [0.2, 0.25) is 0 Å². The molecular formula is C39H75LiN4O7. The smallest absolute Gasteiger partial charge is 0.870 e. The number of amides is 4. The predicted octanol–water partition coefficient (Wildman–Crippen LogP) is 6.17. The number of unbranched alkanes of at least 4 members (excludes halogenated alkanes) is 16. The van der Waals surface area contributed by atoms with Crippen molar-refractivity contribution >= 4 is 24.0 Å². The Kier molecular flexibility index (Phi) is 51.5. The number of rotatable bonds is 32. The van der Waals surface area contributed by atoms with Crippen LogP contribution in [0.25, 0.3) is 0 Å².